The van der Waals surface area contributed by atoms with Crippen LogP contribution >= 0.6 is 0 Å². The number of aromatic nitrogens is 2. The van der Waals surface area contributed by atoms with Crippen molar-refractivity contribution in [1.82, 2.24) is 10.2 Å². The van der Waals surface area contributed by atoms with Gasteiger partial charge in [0, 0.05) is 11.6 Å². The summed E-state index contributed by atoms with van der Waals surface area (Å²) in [4.78, 5) is 23.0. The number of ether oxygens (including phenoxy) is 2. The number of carbonyl (C=O) groups excluding carboxylic acids is 1. The fraction of sp³-hybridized carbons (Fsp3) is 0.312. The summed E-state index contributed by atoms with van der Waals surface area (Å²) in [5.41, 5.74) is 0.606. The lowest BCUT2D eigenvalue weighted by Crippen LogP contribution is -2.27. The molecule has 1 heterocycles. The molecule has 8 nitrogen and oxygen atoms in total. The molecule has 2 aromatic rings. The van der Waals surface area contributed by atoms with Crippen molar-refractivity contribution in [3.05, 3.63) is 30.0 Å². The molecule has 0 saturated heterocycles. The quantitative estimate of drug-likeness (QED) is 0.792. The maximum Gasteiger partial charge on any atom is 0.412 e. The van der Waals surface area contributed by atoms with E-state index in [9.17, 15) is 9.59 Å². The van der Waals surface area contributed by atoms with Gasteiger partial charge in [-0.15, -0.1) is 0 Å². The Hall–Kier alpha value is -3.03. The summed E-state index contributed by atoms with van der Waals surface area (Å²) in [7, 11) is 1.50. The Kier molecular flexibility index (Phi) is 4.77. The monoisotopic (exact) mass is 333 g/mol. The highest BCUT2D eigenvalue weighted by Crippen LogP contribution is 2.31. The summed E-state index contributed by atoms with van der Waals surface area (Å²) in [5.74, 6) is -0.595. The Balaban J connectivity index is 2.37. The molecule has 0 saturated carbocycles. The second-order valence-corrected chi connectivity index (χ2v) is 6.01. The van der Waals surface area contributed by atoms with E-state index < -0.39 is 17.7 Å². The molecule has 1 aromatic heterocycles. The fourth-order valence-corrected chi connectivity index (χ4v) is 1.96. The minimum Gasteiger partial charge on any atom is -0.497 e. The third kappa shape index (κ3) is 4.25. The van der Waals surface area contributed by atoms with Crippen LogP contribution in [0.5, 0.6) is 5.75 Å². The molecule has 0 spiro atoms. The number of aromatic carboxylic acids is 1. The molecule has 0 aliphatic rings. The predicted octanol–water partition coefficient (Wildman–Crippen LogP) is 3.13. The average Bonchev–Trinajstić information content (AvgIpc) is 2.94. The number of amides is 1. The van der Waals surface area contributed by atoms with Crippen LogP contribution in [-0.4, -0.2) is 40.1 Å². The Morgan fingerprint density at radius 1 is 1.25 bits per heavy atom. The van der Waals surface area contributed by atoms with Gasteiger partial charge < -0.3 is 14.6 Å². The molecule has 1 aromatic carbocycles. The van der Waals surface area contributed by atoms with Crippen LogP contribution in [0.2, 0.25) is 0 Å². The predicted molar refractivity (Wildman–Crippen MR) is 87.4 cm³/mol. The van der Waals surface area contributed by atoms with E-state index in [0.29, 0.717) is 22.7 Å². The minimum absolute atomic E-state index is 0.0518. The molecule has 8 heteroatoms. The van der Waals surface area contributed by atoms with Gasteiger partial charge in [0.15, 0.2) is 0 Å². The van der Waals surface area contributed by atoms with Crippen LogP contribution in [0.3, 0.4) is 0 Å². The number of methoxy groups -OCH3 is 1. The van der Waals surface area contributed by atoms with E-state index in [1.807, 2.05) is 0 Å². The van der Waals surface area contributed by atoms with Gasteiger partial charge in [0.25, 0.3) is 0 Å². The third-order valence-corrected chi connectivity index (χ3v) is 2.95. The fourth-order valence-electron chi connectivity index (χ4n) is 1.96. The largest absolute Gasteiger partial charge is 0.497 e. The Bertz CT molecular complexity index is 761. The zero-order valence-electron chi connectivity index (χ0n) is 13.8. The van der Waals surface area contributed by atoms with Crippen LogP contribution < -0.4 is 10.1 Å². The van der Waals surface area contributed by atoms with E-state index in [2.05, 4.69) is 15.5 Å². The standard InChI is InChI=1S/C16H19N3O5/c1-16(2,3)24-15(22)17-11-7-9(23-4)5-6-10(11)12-8-13(14(20)21)19-18-12/h5-8H,1-4H3,(H,17,22)(H,18,19)(H,20,21). The lowest BCUT2D eigenvalue weighted by Gasteiger charge is -2.20. The van der Waals surface area contributed by atoms with Crippen LogP contribution in [0.15, 0.2) is 24.3 Å². The number of H-pyrrole nitrogens is 1. The minimum atomic E-state index is -1.12. The number of benzene rings is 1. The highest BCUT2D eigenvalue weighted by atomic mass is 16.6. The number of carboxylic acid groups (broad SMARTS) is 1. The number of hydrogen-bond donors (Lipinski definition) is 3. The molecule has 24 heavy (non-hydrogen) atoms. The Labute approximate surface area is 138 Å². The van der Waals surface area contributed by atoms with E-state index in [1.165, 1.54) is 13.2 Å². The summed E-state index contributed by atoms with van der Waals surface area (Å²) < 4.78 is 10.4. The number of aromatic amines is 1. The molecular weight excluding hydrogens is 314 g/mol. The van der Waals surface area contributed by atoms with E-state index in [1.54, 1.807) is 39.0 Å². The van der Waals surface area contributed by atoms with Gasteiger partial charge in [0.05, 0.1) is 18.5 Å². The molecule has 0 aliphatic heterocycles. The van der Waals surface area contributed by atoms with Crippen molar-refractivity contribution in [1.29, 1.82) is 0 Å². The lowest BCUT2D eigenvalue weighted by atomic mass is 10.1. The summed E-state index contributed by atoms with van der Waals surface area (Å²) in [6.45, 7) is 5.27. The SMILES string of the molecule is COc1ccc(-c2cc(C(=O)O)[nH]n2)c(NC(=O)OC(C)(C)C)c1. The molecule has 1 amide bonds. The van der Waals surface area contributed by atoms with Gasteiger partial charge in [-0.25, -0.2) is 9.59 Å². The van der Waals surface area contributed by atoms with Crippen LogP contribution in [0, 0.1) is 0 Å². The zero-order chi connectivity index (χ0) is 17.9. The maximum atomic E-state index is 12.0. The highest BCUT2D eigenvalue weighted by Gasteiger charge is 2.19. The van der Waals surface area contributed by atoms with Gasteiger partial charge in [-0.1, -0.05) is 0 Å². The van der Waals surface area contributed by atoms with E-state index in [0.717, 1.165) is 0 Å². The first-order valence-corrected chi connectivity index (χ1v) is 7.17. The van der Waals surface area contributed by atoms with Crippen molar-refractivity contribution < 1.29 is 24.2 Å². The van der Waals surface area contributed by atoms with Crippen LogP contribution in [-0.2, 0) is 4.74 Å². The van der Waals surface area contributed by atoms with Gasteiger partial charge in [0.2, 0.25) is 0 Å². The maximum absolute atomic E-state index is 12.0. The van der Waals surface area contributed by atoms with Crippen LogP contribution in [0.4, 0.5) is 10.5 Å². The average molecular weight is 333 g/mol. The number of nitrogens with zero attached hydrogens (tertiary/aromatic N) is 1. The van der Waals surface area contributed by atoms with Crippen molar-refractivity contribution in [2.24, 2.45) is 0 Å². The normalized spacial score (nSPS) is 11.0. The molecular formula is C16H19N3O5. The van der Waals surface area contributed by atoms with Crippen LogP contribution in [0.25, 0.3) is 11.3 Å². The summed E-state index contributed by atoms with van der Waals surface area (Å²) in [6, 6.07) is 6.34. The first-order valence-electron chi connectivity index (χ1n) is 7.17. The second-order valence-electron chi connectivity index (χ2n) is 6.01. The van der Waals surface area contributed by atoms with E-state index in [-0.39, 0.29) is 5.69 Å². The van der Waals surface area contributed by atoms with Gasteiger partial charge in [-0.05, 0) is 39.0 Å². The molecule has 3 N–H and O–H groups in total. The van der Waals surface area contributed by atoms with Crippen molar-refractivity contribution >= 4 is 17.7 Å². The Morgan fingerprint density at radius 2 is 1.96 bits per heavy atom. The smallest absolute Gasteiger partial charge is 0.412 e. The number of rotatable bonds is 4. The Morgan fingerprint density at radius 3 is 2.50 bits per heavy atom. The first-order chi connectivity index (χ1) is 11.2. The molecule has 0 fully saturated rings. The molecule has 0 aliphatic carbocycles. The molecule has 0 radical (unpaired) electrons. The van der Waals surface area contributed by atoms with E-state index in [4.69, 9.17) is 14.6 Å². The third-order valence-electron chi connectivity index (χ3n) is 2.95. The highest BCUT2D eigenvalue weighted by molar-refractivity contribution is 5.93. The first kappa shape index (κ1) is 17.3. The summed E-state index contributed by atoms with van der Waals surface area (Å²) in [5, 5.41) is 18.0. The lowest BCUT2D eigenvalue weighted by molar-refractivity contribution is 0.0634. The number of carbonyl (C=O) groups is 2. The molecule has 2 rings (SSSR count). The van der Waals surface area contributed by atoms with Gasteiger partial charge in [-0.3, -0.25) is 10.4 Å². The molecule has 0 unspecified atom stereocenters. The van der Waals surface area contributed by atoms with E-state index >= 15 is 0 Å². The number of hydrogen-bond acceptors (Lipinski definition) is 5. The summed E-state index contributed by atoms with van der Waals surface area (Å²) in [6.07, 6.45) is -0.633. The number of nitrogens with one attached hydrogen (secondary N) is 2. The number of anilines is 1. The van der Waals surface area contributed by atoms with Crippen LogP contribution in [0.1, 0.15) is 31.3 Å². The van der Waals surface area contributed by atoms with Gasteiger partial charge in [0.1, 0.15) is 17.0 Å². The second kappa shape index (κ2) is 6.61. The van der Waals surface area contributed by atoms with Crippen molar-refractivity contribution in [3.8, 4) is 17.0 Å². The van der Waals surface area contributed by atoms with Crippen molar-refractivity contribution in [2.75, 3.05) is 12.4 Å². The molecule has 0 bridgehead atoms. The molecule has 0 atom stereocenters. The van der Waals surface area contributed by atoms with Crippen molar-refractivity contribution in [3.63, 3.8) is 0 Å². The van der Waals surface area contributed by atoms with Gasteiger partial charge in [-0.2, -0.15) is 5.10 Å². The zero-order valence-corrected chi connectivity index (χ0v) is 13.8. The number of carboxylic acids is 1. The molecule has 128 valence electrons. The van der Waals surface area contributed by atoms with Gasteiger partial charge >= 0.3 is 12.1 Å². The van der Waals surface area contributed by atoms with Crippen molar-refractivity contribution in [2.45, 2.75) is 26.4 Å². The summed E-state index contributed by atoms with van der Waals surface area (Å²) >= 11 is 0. The topological polar surface area (TPSA) is 114 Å².